The summed E-state index contributed by atoms with van der Waals surface area (Å²) in [7, 11) is -3.85. The molecule has 1 fully saturated rings. The highest BCUT2D eigenvalue weighted by Crippen LogP contribution is 2.25. The van der Waals surface area contributed by atoms with Crippen LogP contribution in [0.5, 0.6) is 0 Å². The molecule has 8 nitrogen and oxygen atoms in total. The molecule has 20 heavy (non-hydrogen) atoms. The first-order valence-corrected chi connectivity index (χ1v) is 7.12. The quantitative estimate of drug-likeness (QED) is 0.739. The number of hydrogen-bond donors (Lipinski definition) is 2. The van der Waals surface area contributed by atoms with Gasteiger partial charge in [0, 0.05) is 19.3 Å². The monoisotopic (exact) mass is 296 g/mol. The van der Waals surface area contributed by atoms with Gasteiger partial charge in [-0.2, -0.15) is 9.57 Å². The first kappa shape index (κ1) is 14.4. The van der Waals surface area contributed by atoms with E-state index in [1.165, 1.54) is 12.1 Å². The van der Waals surface area contributed by atoms with E-state index in [2.05, 4.69) is 4.98 Å². The van der Waals surface area contributed by atoms with Gasteiger partial charge < -0.3 is 10.8 Å². The largest absolute Gasteiger partial charge is 0.480 e. The Hall–Kier alpha value is -2.02. The lowest BCUT2D eigenvalue weighted by Crippen LogP contribution is -2.50. The molecule has 0 bridgehead atoms. The summed E-state index contributed by atoms with van der Waals surface area (Å²) in [6.45, 7) is -0.254. The van der Waals surface area contributed by atoms with Crippen LogP contribution >= 0.6 is 0 Å². The first-order valence-electron chi connectivity index (χ1n) is 5.68. The Morgan fingerprint density at radius 2 is 2.25 bits per heavy atom. The fourth-order valence-corrected chi connectivity index (χ4v) is 3.38. The number of hydrogen-bond acceptors (Lipinski definition) is 6. The van der Waals surface area contributed by atoms with Crippen molar-refractivity contribution in [1.29, 1.82) is 5.26 Å². The lowest BCUT2D eigenvalue weighted by molar-refractivity contribution is -0.142. The second-order valence-corrected chi connectivity index (χ2v) is 6.48. The predicted molar refractivity (Wildman–Crippen MR) is 66.9 cm³/mol. The van der Waals surface area contributed by atoms with Gasteiger partial charge in [0.05, 0.1) is 0 Å². The summed E-state index contributed by atoms with van der Waals surface area (Å²) in [5, 5.41) is 17.6. The van der Waals surface area contributed by atoms with Crippen molar-refractivity contribution in [2.75, 3.05) is 13.1 Å². The summed E-state index contributed by atoms with van der Waals surface area (Å²) in [6, 6.07) is 4.34. The van der Waals surface area contributed by atoms with Crippen molar-refractivity contribution in [1.82, 2.24) is 9.29 Å². The van der Waals surface area contributed by atoms with Crippen LogP contribution in [0.1, 0.15) is 12.1 Å². The van der Waals surface area contributed by atoms with E-state index in [1.807, 2.05) is 0 Å². The van der Waals surface area contributed by atoms with E-state index in [0.717, 1.165) is 10.5 Å². The van der Waals surface area contributed by atoms with Crippen LogP contribution in [0.3, 0.4) is 0 Å². The van der Waals surface area contributed by atoms with Crippen molar-refractivity contribution in [3.63, 3.8) is 0 Å². The van der Waals surface area contributed by atoms with Crippen molar-refractivity contribution < 1.29 is 18.3 Å². The minimum atomic E-state index is -3.85. The molecule has 3 N–H and O–H groups in total. The molecule has 0 amide bonds. The molecule has 106 valence electrons. The number of carboxylic acid groups (broad SMARTS) is 1. The van der Waals surface area contributed by atoms with E-state index >= 15 is 0 Å². The average Bonchev–Trinajstić information content (AvgIpc) is 2.84. The van der Waals surface area contributed by atoms with Crippen LogP contribution in [0.4, 0.5) is 0 Å². The van der Waals surface area contributed by atoms with E-state index < -0.39 is 21.5 Å². The zero-order valence-corrected chi connectivity index (χ0v) is 11.2. The van der Waals surface area contributed by atoms with Crippen LogP contribution < -0.4 is 5.73 Å². The molecule has 0 saturated carbocycles. The summed E-state index contributed by atoms with van der Waals surface area (Å²) < 4.78 is 25.6. The number of rotatable bonds is 3. The number of carbonyl (C=O) groups is 1. The zero-order valence-electron chi connectivity index (χ0n) is 10.4. The fraction of sp³-hybridized carbons (Fsp3) is 0.364. The van der Waals surface area contributed by atoms with Gasteiger partial charge in [0.1, 0.15) is 22.2 Å². The highest BCUT2D eigenvalue weighted by Gasteiger charge is 2.45. The summed E-state index contributed by atoms with van der Waals surface area (Å²) in [5.41, 5.74) is 4.19. The van der Waals surface area contributed by atoms with E-state index in [9.17, 15) is 13.2 Å². The number of pyridine rings is 1. The average molecular weight is 296 g/mol. The third-order valence-electron chi connectivity index (χ3n) is 3.18. The zero-order chi connectivity index (χ0) is 15.0. The van der Waals surface area contributed by atoms with Crippen LogP contribution in [-0.4, -0.2) is 47.4 Å². The summed E-state index contributed by atoms with van der Waals surface area (Å²) in [5.74, 6) is -1.23. The van der Waals surface area contributed by atoms with Gasteiger partial charge in [-0.3, -0.25) is 4.79 Å². The second-order valence-electron chi connectivity index (χ2n) is 4.54. The smallest absolute Gasteiger partial charge is 0.325 e. The van der Waals surface area contributed by atoms with E-state index in [1.54, 1.807) is 6.07 Å². The van der Waals surface area contributed by atoms with Crippen molar-refractivity contribution >= 4 is 16.0 Å². The molecule has 9 heteroatoms. The van der Waals surface area contributed by atoms with Gasteiger partial charge in [-0.05, 0) is 18.6 Å². The second kappa shape index (κ2) is 4.82. The predicted octanol–water partition coefficient (Wildman–Crippen LogP) is -0.870. The summed E-state index contributed by atoms with van der Waals surface area (Å²) in [4.78, 5) is 14.6. The number of carboxylic acids is 1. The van der Waals surface area contributed by atoms with Gasteiger partial charge in [-0.1, -0.05) is 0 Å². The molecule has 1 atom stereocenters. The topological polar surface area (TPSA) is 137 Å². The van der Waals surface area contributed by atoms with Gasteiger partial charge in [0.15, 0.2) is 0 Å². The van der Waals surface area contributed by atoms with E-state index in [0.29, 0.717) is 0 Å². The lowest BCUT2D eigenvalue weighted by Gasteiger charge is -2.19. The standard InChI is InChI=1S/C11H12N4O4S/c12-5-8-1-2-9(6-14-8)20(18,19)15-4-3-11(13,7-15)10(16)17/h1-2,6H,3-4,7,13H2,(H,16,17). The Balaban J connectivity index is 2.28. The SMILES string of the molecule is N#Cc1ccc(S(=O)(=O)N2CCC(N)(C(=O)O)C2)cn1. The normalized spacial score (nSPS) is 23.4. The number of sulfonamides is 1. The third kappa shape index (κ3) is 2.36. The van der Waals surface area contributed by atoms with Gasteiger partial charge >= 0.3 is 5.97 Å². The molecule has 1 aliphatic heterocycles. The molecule has 1 aromatic heterocycles. The van der Waals surface area contributed by atoms with E-state index in [-0.39, 0.29) is 30.1 Å². The molecule has 1 aliphatic rings. The maximum Gasteiger partial charge on any atom is 0.325 e. The fourth-order valence-electron chi connectivity index (χ4n) is 1.92. The Morgan fingerprint density at radius 3 is 2.70 bits per heavy atom. The molecular formula is C11H12N4O4S. The van der Waals surface area contributed by atoms with Crippen molar-refractivity contribution in [2.45, 2.75) is 16.9 Å². The number of nitrogens with two attached hydrogens (primary N) is 1. The molecule has 2 heterocycles. The molecule has 2 rings (SSSR count). The van der Waals surface area contributed by atoms with Crippen LogP contribution in [-0.2, 0) is 14.8 Å². The highest BCUT2D eigenvalue weighted by molar-refractivity contribution is 7.89. The molecule has 0 aromatic carbocycles. The number of nitrogens with zero attached hydrogens (tertiary/aromatic N) is 3. The molecule has 1 saturated heterocycles. The van der Waals surface area contributed by atoms with E-state index in [4.69, 9.17) is 16.1 Å². The van der Waals surface area contributed by atoms with Gasteiger partial charge in [-0.25, -0.2) is 13.4 Å². The van der Waals surface area contributed by atoms with Gasteiger partial charge in [0.25, 0.3) is 0 Å². The number of nitriles is 1. The number of aliphatic carboxylic acids is 1. The minimum Gasteiger partial charge on any atom is -0.480 e. The first-order chi connectivity index (χ1) is 9.29. The molecule has 0 radical (unpaired) electrons. The Bertz CT molecular complexity index is 679. The van der Waals surface area contributed by atoms with Gasteiger partial charge in [0.2, 0.25) is 10.0 Å². The Kier molecular flexibility index (Phi) is 3.47. The number of aromatic nitrogens is 1. The van der Waals surface area contributed by atoms with Crippen LogP contribution in [0, 0.1) is 11.3 Å². The maximum atomic E-state index is 12.3. The maximum absolute atomic E-state index is 12.3. The minimum absolute atomic E-state index is 0.0329. The Morgan fingerprint density at radius 1 is 1.55 bits per heavy atom. The van der Waals surface area contributed by atoms with Crippen LogP contribution in [0.15, 0.2) is 23.2 Å². The van der Waals surface area contributed by atoms with Crippen molar-refractivity contribution in [3.8, 4) is 6.07 Å². The molecule has 0 spiro atoms. The molecular weight excluding hydrogens is 284 g/mol. The summed E-state index contributed by atoms with van der Waals surface area (Å²) in [6.07, 6.45) is 1.12. The van der Waals surface area contributed by atoms with Gasteiger partial charge in [-0.15, -0.1) is 0 Å². The molecule has 1 aromatic rings. The van der Waals surface area contributed by atoms with Crippen molar-refractivity contribution in [2.24, 2.45) is 5.73 Å². The highest BCUT2D eigenvalue weighted by atomic mass is 32.2. The Labute approximate surface area is 115 Å². The molecule has 0 aliphatic carbocycles. The third-order valence-corrected chi connectivity index (χ3v) is 5.01. The van der Waals surface area contributed by atoms with Crippen LogP contribution in [0.2, 0.25) is 0 Å². The van der Waals surface area contributed by atoms with Crippen molar-refractivity contribution in [3.05, 3.63) is 24.0 Å². The lowest BCUT2D eigenvalue weighted by atomic mass is 10.0. The molecule has 1 unspecified atom stereocenters. The van der Waals surface area contributed by atoms with Crippen LogP contribution in [0.25, 0.3) is 0 Å². The summed E-state index contributed by atoms with van der Waals surface area (Å²) >= 11 is 0.